The quantitative estimate of drug-likeness (QED) is 0.928. The smallest absolute Gasteiger partial charge is 0.406 e. The van der Waals surface area contributed by atoms with Gasteiger partial charge in [-0.25, -0.2) is 4.98 Å². The van der Waals surface area contributed by atoms with Crippen LogP contribution in [0.1, 0.15) is 12.8 Å². The highest BCUT2D eigenvalue weighted by atomic mass is 32.1. The van der Waals surface area contributed by atoms with E-state index in [9.17, 15) is 18.0 Å². The van der Waals surface area contributed by atoms with Crippen LogP contribution in [0.2, 0.25) is 0 Å². The average molecular weight is 345 g/mol. The SMILES string of the molecule is CN1CCCC1C(=O)Nc1nc2ccc(OC(F)(F)F)cc2s1. The molecule has 1 amide bonds. The van der Waals surface area contributed by atoms with Crippen LogP contribution in [0.4, 0.5) is 18.3 Å². The molecular weight excluding hydrogens is 331 g/mol. The number of carbonyl (C=O) groups excluding carboxylic acids is 1. The number of benzene rings is 1. The fourth-order valence-electron chi connectivity index (χ4n) is 2.59. The molecular formula is C14H14F3N3O2S. The monoisotopic (exact) mass is 345 g/mol. The standard InChI is InChI=1S/C14H14F3N3O2S/c1-20-6-2-3-10(20)12(21)19-13-18-9-5-4-8(7-11(9)23-13)22-14(15,16)17/h4-5,7,10H,2-3,6H2,1H3,(H,18,19,21). The molecule has 3 rings (SSSR count). The predicted octanol–water partition coefficient (Wildman–Crippen LogP) is 3.23. The molecule has 1 unspecified atom stereocenters. The Morgan fingerprint density at radius 3 is 2.91 bits per heavy atom. The summed E-state index contributed by atoms with van der Waals surface area (Å²) in [5, 5.41) is 3.11. The van der Waals surface area contributed by atoms with Crippen LogP contribution in [-0.2, 0) is 4.79 Å². The van der Waals surface area contributed by atoms with Crippen LogP contribution >= 0.6 is 11.3 Å². The molecule has 2 aromatic rings. The zero-order valence-electron chi connectivity index (χ0n) is 12.2. The zero-order chi connectivity index (χ0) is 16.6. The van der Waals surface area contributed by atoms with E-state index in [4.69, 9.17) is 0 Å². The highest BCUT2D eigenvalue weighted by Gasteiger charge is 2.31. The lowest BCUT2D eigenvalue weighted by Gasteiger charge is -2.17. The number of likely N-dealkylation sites (tertiary alicyclic amines) is 1. The molecule has 1 aliphatic heterocycles. The van der Waals surface area contributed by atoms with Gasteiger partial charge in [-0.1, -0.05) is 11.3 Å². The number of nitrogens with zero attached hydrogens (tertiary/aromatic N) is 2. The third-order valence-electron chi connectivity index (χ3n) is 3.65. The van der Waals surface area contributed by atoms with E-state index in [2.05, 4.69) is 15.0 Å². The van der Waals surface area contributed by atoms with E-state index < -0.39 is 6.36 Å². The molecule has 1 N–H and O–H groups in total. The van der Waals surface area contributed by atoms with Crippen molar-refractivity contribution < 1.29 is 22.7 Å². The number of anilines is 1. The summed E-state index contributed by atoms with van der Waals surface area (Å²) in [6, 6.07) is 3.71. The molecule has 0 saturated carbocycles. The number of alkyl halides is 3. The third kappa shape index (κ3) is 3.73. The topological polar surface area (TPSA) is 54.5 Å². The number of amides is 1. The van der Waals surface area contributed by atoms with Crippen LogP contribution in [0.3, 0.4) is 0 Å². The number of rotatable bonds is 3. The second kappa shape index (κ2) is 5.97. The van der Waals surface area contributed by atoms with Gasteiger partial charge in [-0.15, -0.1) is 13.2 Å². The number of hydrogen-bond donors (Lipinski definition) is 1. The summed E-state index contributed by atoms with van der Waals surface area (Å²) in [5.74, 6) is -0.446. The zero-order valence-corrected chi connectivity index (χ0v) is 13.0. The van der Waals surface area contributed by atoms with Crippen LogP contribution in [-0.4, -0.2) is 41.8 Å². The Balaban J connectivity index is 1.76. The van der Waals surface area contributed by atoms with Crippen molar-refractivity contribution in [3.8, 4) is 5.75 Å². The van der Waals surface area contributed by atoms with Crippen molar-refractivity contribution in [2.75, 3.05) is 18.9 Å². The van der Waals surface area contributed by atoms with Crippen LogP contribution in [0.15, 0.2) is 18.2 Å². The molecule has 23 heavy (non-hydrogen) atoms. The Labute approximate surface area is 134 Å². The molecule has 0 aliphatic carbocycles. The number of halogens is 3. The minimum atomic E-state index is -4.73. The average Bonchev–Trinajstić information content (AvgIpc) is 3.01. The number of thiazole rings is 1. The van der Waals surface area contributed by atoms with E-state index in [1.165, 1.54) is 18.2 Å². The van der Waals surface area contributed by atoms with Gasteiger partial charge in [0.05, 0.1) is 16.3 Å². The largest absolute Gasteiger partial charge is 0.573 e. The fourth-order valence-corrected chi connectivity index (χ4v) is 3.48. The molecule has 1 aromatic heterocycles. The van der Waals surface area contributed by atoms with Crippen molar-refractivity contribution in [2.24, 2.45) is 0 Å². The first-order valence-electron chi connectivity index (χ1n) is 6.99. The van der Waals surface area contributed by atoms with Gasteiger partial charge in [-0.3, -0.25) is 9.69 Å². The predicted molar refractivity (Wildman–Crippen MR) is 80.6 cm³/mol. The van der Waals surface area contributed by atoms with Gasteiger partial charge < -0.3 is 10.1 Å². The fraction of sp³-hybridized carbons (Fsp3) is 0.429. The molecule has 0 bridgehead atoms. The van der Waals surface area contributed by atoms with Gasteiger partial charge in [0.25, 0.3) is 0 Å². The van der Waals surface area contributed by atoms with Crippen LogP contribution in [0.25, 0.3) is 10.2 Å². The first-order chi connectivity index (χ1) is 10.8. The lowest BCUT2D eigenvalue weighted by Crippen LogP contribution is -2.37. The molecule has 0 spiro atoms. The van der Waals surface area contributed by atoms with Crippen molar-refractivity contribution in [3.05, 3.63) is 18.2 Å². The van der Waals surface area contributed by atoms with Gasteiger partial charge in [0.2, 0.25) is 5.91 Å². The number of ether oxygens (including phenoxy) is 1. The first kappa shape index (κ1) is 16.0. The van der Waals surface area contributed by atoms with E-state index in [0.29, 0.717) is 15.3 Å². The number of carbonyl (C=O) groups is 1. The van der Waals surface area contributed by atoms with Crippen molar-refractivity contribution in [1.29, 1.82) is 0 Å². The Morgan fingerprint density at radius 1 is 1.48 bits per heavy atom. The van der Waals surface area contributed by atoms with Crippen LogP contribution in [0.5, 0.6) is 5.75 Å². The normalized spacial score (nSPS) is 19.2. The molecule has 5 nitrogen and oxygen atoms in total. The summed E-state index contributed by atoms with van der Waals surface area (Å²) >= 11 is 1.12. The molecule has 1 aromatic carbocycles. The molecule has 1 saturated heterocycles. The minimum absolute atomic E-state index is 0.143. The van der Waals surface area contributed by atoms with E-state index in [1.807, 2.05) is 11.9 Å². The summed E-state index contributed by atoms with van der Waals surface area (Å²) in [7, 11) is 1.89. The molecule has 1 atom stereocenters. The summed E-state index contributed by atoms with van der Waals surface area (Å²) in [5.41, 5.74) is 0.514. The molecule has 0 radical (unpaired) electrons. The van der Waals surface area contributed by atoms with Gasteiger partial charge in [-0.05, 0) is 38.6 Å². The van der Waals surface area contributed by atoms with E-state index >= 15 is 0 Å². The van der Waals surface area contributed by atoms with Crippen LogP contribution in [0, 0.1) is 0 Å². The van der Waals surface area contributed by atoms with E-state index in [1.54, 1.807) is 0 Å². The molecule has 9 heteroatoms. The maximum Gasteiger partial charge on any atom is 0.573 e. The van der Waals surface area contributed by atoms with Crippen LogP contribution < -0.4 is 10.1 Å². The number of likely N-dealkylation sites (N-methyl/N-ethyl adjacent to an activating group) is 1. The van der Waals surface area contributed by atoms with Gasteiger partial charge in [0.1, 0.15) is 5.75 Å². The number of fused-ring (bicyclic) bond motifs is 1. The second-order valence-corrected chi connectivity index (χ2v) is 6.35. The van der Waals surface area contributed by atoms with Crippen molar-refractivity contribution in [1.82, 2.24) is 9.88 Å². The first-order valence-corrected chi connectivity index (χ1v) is 7.81. The van der Waals surface area contributed by atoms with Gasteiger partial charge in [-0.2, -0.15) is 0 Å². The Bertz CT molecular complexity index is 732. The third-order valence-corrected chi connectivity index (χ3v) is 4.58. The van der Waals surface area contributed by atoms with E-state index in [-0.39, 0.29) is 17.7 Å². The number of hydrogen-bond acceptors (Lipinski definition) is 5. The van der Waals surface area contributed by atoms with Crippen molar-refractivity contribution in [2.45, 2.75) is 25.2 Å². The summed E-state index contributed by atoms with van der Waals surface area (Å²) in [4.78, 5) is 18.4. The highest BCUT2D eigenvalue weighted by molar-refractivity contribution is 7.22. The molecule has 124 valence electrons. The summed E-state index contributed by atoms with van der Waals surface area (Å²) < 4.78 is 41.1. The maximum absolute atomic E-state index is 12.2. The van der Waals surface area contributed by atoms with Crippen molar-refractivity contribution in [3.63, 3.8) is 0 Å². The molecule has 1 fully saturated rings. The minimum Gasteiger partial charge on any atom is -0.406 e. The van der Waals surface area contributed by atoms with Crippen molar-refractivity contribution >= 4 is 32.6 Å². The van der Waals surface area contributed by atoms with Gasteiger partial charge >= 0.3 is 6.36 Å². The van der Waals surface area contributed by atoms with Gasteiger partial charge in [0.15, 0.2) is 5.13 Å². The lowest BCUT2D eigenvalue weighted by molar-refractivity contribution is -0.274. The Hall–Kier alpha value is -1.87. The molecule has 1 aliphatic rings. The highest BCUT2D eigenvalue weighted by Crippen LogP contribution is 2.32. The summed E-state index contributed by atoms with van der Waals surface area (Å²) in [6.45, 7) is 0.871. The second-order valence-electron chi connectivity index (χ2n) is 5.32. The Kier molecular flexibility index (Phi) is 4.15. The number of aromatic nitrogens is 1. The van der Waals surface area contributed by atoms with E-state index in [0.717, 1.165) is 30.7 Å². The van der Waals surface area contributed by atoms with Gasteiger partial charge in [0, 0.05) is 6.07 Å². The molecule has 2 heterocycles. The summed E-state index contributed by atoms with van der Waals surface area (Å²) in [6.07, 6.45) is -2.98. The maximum atomic E-state index is 12.2. The Morgan fingerprint density at radius 2 is 2.26 bits per heavy atom. The lowest BCUT2D eigenvalue weighted by atomic mass is 10.2. The number of nitrogens with one attached hydrogen (secondary N) is 1.